The number of piperazine rings is 1. The summed E-state index contributed by atoms with van der Waals surface area (Å²) in [6.45, 7) is 2.21. The van der Waals surface area contributed by atoms with Crippen LogP contribution in [0.25, 0.3) is 11.4 Å². The van der Waals surface area contributed by atoms with Crippen LogP contribution in [0.3, 0.4) is 0 Å². The van der Waals surface area contributed by atoms with Gasteiger partial charge in [-0.15, -0.1) is 0 Å². The van der Waals surface area contributed by atoms with Crippen molar-refractivity contribution in [2.45, 2.75) is 12.8 Å². The number of amides is 3. The van der Waals surface area contributed by atoms with E-state index in [0.717, 1.165) is 12.8 Å². The van der Waals surface area contributed by atoms with E-state index < -0.39 is 0 Å². The highest BCUT2D eigenvalue weighted by atomic mass is 16.3. The minimum Gasteiger partial charge on any atom is -0.483 e. The Morgan fingerprint density at radius 3 is 2.73 bits per heavy atom. The maximum Gasteiger partial charge on any atom is 0.290 e. The number of fused-ring (bicyclic) bond motifs is 1. The van der Waals surface area contributed by atoms with Crippen molar-refractivity contribution in [3.8, 4) is 11.4 Å². The first-order valence-corrected chi connectivity index (χ1v) is 10.9. The normalized spacial score (nSPS) is 23.9. The Bertz CT molecular complexity index is 1030. The number of carbonyl (C=O) groups excluding carboxylic acids is 3. The van der Waals surface area contributed by atoms with E-state index in [1.54, 1.807) is 17.2 Å². The van der Waals surface area contributed by atoms with Crippen molar-refractivity contribution in [2.24, 2.45) is 17.8 Å². The average Bonchev–Trinajstić information content (AvgIpc) is 3.31. The third kappa shape index (κ3) is 4.71. The SMILES string of the molecule is O=C1CN(C(=O)[C@@H]2C[C@H]3CCN(C(=O)c4cc(-c5ccccn5)n[nH]4)C[C@H]32)CCN1.O=CO. The molecule has 1 saturated carbocycles. The molecule has 3 fully saturated rings. The van der Waals surface area contributed by atoms with Gasteiger partial charge in [-0.05, 0) is 42.9 Å². The second kappa shape index (κ2) is 9.80. The summed E-state index contributed by atoms with van der Waals surface area (Å²) >= 11 is 0. The van der Waals surface area contributed by atoms with Crippen LogP contribution in [-0.4, -0.2) is 87.0 Å². The predicted molar refractivity (Wildman–Crippen MR) is 116 cm³/mol. The molecule has 174 valence electrons. The average molecular weight is 454 g/mol. The zero-order valence-electron chi connectivity index (χ0n) is 18.0. The summed E-state index contributed by atoms with van der Waals surface area (Å²) in [5, 5.41) is 16.7. The molecule has 0 aromatic carbocycles. The number of nitrogens with zero attached hydrogens (tertiary/aromatic N) is 4. The lowest BCUT2D eigenvalue weighted by atomic mass is 9.61. The van der Waals surface area contributed by atoms with Crippen LogP contribution in [0.15, 0.2) is 30.5 Å². The molecule has 11 nitrogen and oxygen atoms in total. The third-order valence-electron chi connectivity index (χ3n) is 6.57. The molecule has 0 spiro atoms. The second-order valence-electron chi connectivity index (χ2n) is 8.40. The van der Waals surface area contributed by atoms with Gasteiger partial charge in [0.2, 0.25) is 11.8 Å². The van der Waals surface area contributed by atoms with Gasteiger partial charge in [-0.1, -0.05) is 6.07 Å². The highest BCUT2D eigenvalue weighted by Gasteiger charge is 2.49. The van der Waals surface area contributed by atoms with Crippen LogP contribution >= 0.6 is 0 Å². The lowest BCUT2D eigenvalue weighted by molar-refractivity contribution is -0.151. The predicted octanol–water partition coefficient (Wildman–Crippen LogP) is 0.229. The van der Waals surface area contributed by atoms with E-state index in [4.69, 9.17) is 9.90 Å². The molecule has 4 heterocycles. The maximum atomic E-state index is 13.0. The number of hydrogen-bond donors (Lipinski definition) is 3. The number of hydrogen-bond acceptors (Lipinski definition) is 6. The van der Waals surface area contributed by atoms with Crippen LogP contribution < -0.4 is 5.32 Å². The number of pyridine rings is 1. The van der Waals surface area contributed by atoms with Gasteiger partial charge in [0, 0.05) is 38.3 Å². The fourth-order valence-corrected chi connectivity index (χ4v) is 4.86. The number of nitrogens with one attached hydrogen (secondary N) is 2. The molecule has 3 atom stereocenters. The molecule has 2 aromatic heterocycles. The molecule has 2 saturated heterocycles. The zero-order chi connectivity index (χ0) is 23.4. The number of carbonyl (C=O) groups is 4. The molecule has 1 aliphatic carbocycles. The van der Waals surface area contributed by atoms with Crippen LogP contribution in [0.4, 0.5) is 0 Å². The van der Waals surface area contributed by atoms with E-state index in [1.165, 1.54) is 0 Å². The van der Waals surface area contributed by atoms with Crippen molar-refractivity contribution in [1.29, 1.82) is 0 Å². The van der Waals surface area contributed by atoms with E-state index >= 15 is 0 Å². The summed E-state index contributed by atoms with van der Waals surface area (Å²) < 4.78 is 0. The van der Waals surface area contributed by atoms with Gasteiger partial charge in [-0.25, -0.2) is 0 Å². The van der Waals surface area contributed by atoms with Crippen molar-refractivity contribution in [2.75, 3.05) is 32.7 Å². The lowest BCUT2D eigenvalue weighted by Gasteiger charge is -2.51. The number of likely N-dealkylation sites (tertiary alicyclic amines) is 1. The number of carboxylic acid groups (broad SMARTS) is 1. The number of aromatic amines is 1. The van der Waals surface area contributed by atoms with E-state index in [0.29, 0.717) is 49.2 Å². The molecule has 5 rings (SSSR count). The molecule has 3 N–H and O–H groups in total. The number of rotatable bonds is 3. The summed E-state index contributed by atoms with van der Waals surface area (Å²) in [5.74, 6) is 0.403. The number of H-pyrrole nitrogens is 1. The van der Waals surface area contributed by atoms with Gasteiger partial charge in [0.25, 0.3) is 12.4 Å². The first kappa shape index (κ1) is 22.4. The number of aromatic nitrogens is 3. The minimum absolute atomic E-state index is 0.0550. The van der Waals surface area contributed by atoms with Gasteiger partial charge in [-0.2, -0.15) is 5.10 Å². The molecular formula is C22H26N6O5. The fraction of sp³-hybridized carbons (Fsp3) is 0.455. The maximum absolute atomic E-state index is 13.0. The van der Waals surface area contributed by atoms with Crippen LogP contribution in [0.1, 0.15) is 23.3 Å². The Hall–Kier alpha value is -3.76. The van der Waals surface area contributed by atoms with Gasteiger partial charge in [-0.3, -0.25) is 29.3 Å². The van der Waals surface area contributed by atoms with E-state index in [-0.39, 0.29) is 42.6 Å². The Balaban J connectivity index is 0.000000821. The van der Waals surface area contributed by atoms with Crippen LogP contribution in [0.5, 0.6) is 0 Å². The van der Waals surface area contributed by atoms with E-state index in [2.05, 4.69) is 20.5 Å². The van der Waals surface area contributed by atoms with Crippen LogP contribution in [-0.2, 0) is 14.4 Å². The Kier molecular flexibility index (Phi) is 6.66. The molecule has 33 heavy (non-hydrogen) atoms. The largest absolute Gasteiger partial charge is 0.483 e. The van der Waals surface area contributed by atoms with Gasteiger partial charge < -0.3 is 20.2 Å². The Morgan fingerprint density at radius 1 is 1.18 bits per heavy atom. The van der Waals surface area contributed by atoms with Crippen molar-refractivity contribution in [3.05, 3.63) is 36.2 Å². The molecule has 3 amide bonds. The monoisotopic (exact) mass is 454 g/mol. The van der Waals surface area contributed by atoms with E-state index in [1.807, 2.05) is 23.1 Å². The van der Waals surface area contributed by atoms with Crippen LogP contribution in [0, 0.1) is 17.8 Å². The van der Waals surface area contributed by atoms with Gasteiger partial charge in [0.15, 0.2) is 0 Å². The van der Waals surface area contributed by atoms with Gasteiger partial charge >= 0.3 is 0 Å². The fourth-order valence-electron chi connectivity index (χ4n) is 4.86. The summed E-state index contributed by atoms with van der Waals surface area (Å²) in [5.41, 5.74) is 1.78. The summed E-state index contributed by atoms with van der Waals surface area (Å²) in [6, 6.07) is 7.29. The molecular weight excluding hydrogens is 428 g/mol. The molecule has 11 heteroatoms. The molecule has 2 aromatic rings. The van der Waals surface area contributed by atoms with Gasteiger partial charge in [0.1, 0.15) is 11.4 Å². The first-order chi connectivity index (χ1) is 16.0. The first-order valence-electron chi connectivity index (χ1n) is 10.9. The third-order valence-corrected chi connectivity index (χ3v) is 6.57. The zero-order valence-corrected chi connectivity index (χ0v) is 18.0. The summed E-state index contributed by atoms with van der Waals surface area (Å²) in [6.07, 6.45) is 3.45. The second-order valence-corrected chi connectivity index (χ2v) is 8.40. The van der Waals surface area contributed by atoms with Crippen molar-refractivity contribution in [1.82, 2.24) is 30.3 Å². The van der Waals surface area contributed by atoms with Crippen molar-refractivity contribution < 1.29 is 24.3 Å². The van der Waals surface area contributed by atoms with Gasteiger partial charge in [0.05, 0.1) is 12.2 Å². The lowest BCUT2D eigenvalue weighted by Crippen LogP contribution is -2.59. The van der Waals surface area contributed by atoms with Crippen molar-refractivity contribution >= 4 is 24.2 Å². The Morgan fingerprint density at radius 2 is 2.00 bits per heavy atom. The quantitative estimate of drug-likeness (QED) is 0.562. The van der Waals surface area contributed by atoms with Crippen molar-refractivity contribution in [3.63, 3.8) is 0 Å². The summed E-state index contributed by atoms with van der Waals surface area (Å²) in [4.78, 5) is 53.7. The topological polar surface area (TPSA) is 149 Å². The molecule has 0 unspecified atom stereocenters. The smallest absolute Gasteiger partial charge is 0.290 e. The molecule has 2 aliphatic heterocycles. The highest BCUT2D eigenvalue weighted by Crippen LogP contribution is 2.46. The van der Waals surface area contributed by atoms with E-state index in [9.17, 15) is 14.4 Å². The molecule has 0 radical (unpaired) electrons. The highest BCUT2D eigenvalue weighted by molar-refractivity contribution is 5.93. The minimum atomic E-state index is -0.250. The Labute approximate surface area is 190 Å². The summed E-state index contributed by atoms with van der Waals surface area (Å²) in [7, 11) is 0. The molecule has 0 bridgehead atoms. The number of piperidine rings is 1. The van der Waals surface area contributed by atoms with Crippen LogP contribution in [0.2, 0.25) is 0 Å². The molecule has 3 aliphatic rings. The standard InChI is InChI=1S/C21H24N6O3.CH2O2/c28-19-12-27(8-6-23-19)20(29)14-9-13-4-7-26(11-15(13)14)21(30)18-10-17(24-25-18)16-3-1-2-5-22-16;2-1-3/h1-3,5,10,13-15H,4,6-9,11-12H2,(H,23,28)(H,24,25);1H,(H,2,3)/t13-,14-,15-;/m1./s1.